The quantitative estimate of drug-likeness (QED) is 0.582. The number of hydrogen-bond acceptors (Lipinski definition) is 2. The normalized spacial score (nSPS) is 17.7. The lowest BCUT2D eigenvalue weighted by atomic mass is 10.0. The molecule has 1 heterocycles. The summed E-state index contributed by atoms with van der Waals surface area (Å²) in [5.41, 5.74) is 0.734. The Balaban J connectivity index is 1.78. The van der Waals surface area contributed by atoms with E-state index in [0.29, 0.717) is 22.7 Å². The minimum Gasteiger partial charge on any atom is -0.375 e. The van der Waals surface area contributed by atoms with Crippen LogP contribution in [0.2, 0.25) is 10.2 Å². The molecule has 2 nitrogen and oxygen atoms in total. The maximum Gasteiger partial charge on any atom is 0.129 e. The highest BCUT2D eigenvalue weighted by Crippen LogP contribution is 2.24. The first-order valence-corrected chi connectivity index (χ1v) is 7.40. The fraction of sp³-hybridized carbons (Fsp3) is 0.643. The first kappa shape index (κ1) is 14.1. The summed E-state index contributed by atoms with van der Waals surface area (Å²) in [6.45, 7) is 1.26. The number of pyridine rings is 1. The van der Waals surface area contributed by atoms with Crippen LogP contribution in [0.15, 0.2) is 12.1 Å². The number of nitrogens with zero attached hydrogens (tertiary/aromatic N) is 1. The Morgan fingerprint density at radius 1 is 1.11 bits per heavy atom. The van der Waals surface area contributed by atoms with Gasteiger partial charge in [-0.3, -0.25) is 0 Å². The van der Waals surface area contributed by atoms with Crippen LogP contribution in [0.4, 0.5) is 0 Å². The molecule has 1 aromatic rings. The van der Waals surface area contributed by atoms with Crippen molar-refractivity contribution in [3.05, 3.63) is 28.0 Å². The molecule has 100 valence electrons. The zero-order valence-electron chi connectivity index (χ0n) is 10.5. The molecule has 1 saturated carbocycles. The molecule has 0 saturated heterocycles. The summed E-state index contributed by atoms with van der Waals surface area (Å²) in [4.78, 5) is 4.18. The van der Waals surface area contributed by atoms with Crippen molar-refractivity contribution in [3.63, 3.8) is 0 Å². The van der Waals surface area contributed by atoms with E-state index in [-0.39, 0.29) is 0 Å². The van der Waals surface area contributed by atoms with E-state index in [1.807, 2.05) is 0 Å². The molecule has 1 aliphatic rings. The Hall–Kier alpha value is -0.310. The monoisotopic (exact) mass is 287 g/mol. The fourth-order valence-electron chi connectivity index (χ4n) is 2.41. The minimum absolute atomic E-state index is 0.454. The van der Waals surface area contributed by atoms with Gasteiger partial charge in [-0.2, -0.15) is 0 Å². The second kappa shape index (κ2) is 7.32. The number of ether oxygens (including phenoxy) is 1. The SMILES string of the molecule is Clc1ccc(Cl)c(COCC2CCCCCC2)n1. The van der Waals surface area contributed by atoms with Crippen LogP contribution in [0.1, 0.15) is 44.2 Å². The summed E-state index contributed by atoms with van der Waals surface area (Å²) >= 11 is 11.9. The Morgan fingerprint density at radius 3 is 2.56 bits per heavy atom. The summed E-state index contributed by atoms with van der Waals surface area (Å²) in [6.07, 6.45) is 8.00. The van der Waals surface area contributed by atoms with Crippen LogP contribution in [-0.2, 0) is 11.3 Å². The van der Waals surface area contributed by atoms with Crippen molar-refractivity contribution in [1.29, 1.82) is 0 Å². The van der Waals surface area contributed by atoms with Gasteiger partial charge in [0.05, 0.1) is 17.3 Å². The summed E-state index contributed by atoms with van der Waals surface area (Å²) in [6, 6.07) is 3.46. The van der Waals surface area contributed by atoms with Crippen LogP contribution in [0.25, 0.3) is 0 Å². The summed E-state index contributed by atoms with van der Waals surface area (Å²) < 4.78 is 5.74. The molecule has 0 bridgehead atoms. The first-order chi connectivity index (χ1) is 8.75. The van der Waals surface area contributed by atoms with Crippen molar-refractivity contribution in [2.45, 2.75) is 45.1 Å². The average molecular weight is 288 g/mol. The molecule has 2 rings (SSSR count). The molecule has 0 amide bonds. The van der Waals surface area contributed by atoms with Gasteiger partial charge in [-0.15, -0.1) is 0 Å². The van der Waals surface area contributed by atoms with E-state index in [4.69, 9.17) is 27.9 Å². The van der Waals surface area contributed by atoms with Crippen molar-refractivity contribution >= 4 is 23.2 Å². The highest BCUT2D eigenvalue weighted by molar-refractivity contribution is 6.32. The van der Waals surface area contributed by atoms with Crippen LogP contribution in [0, 0.1) is 5.92 Å². The van der Waals surface area contributed by atoms with Crippen LogP contribution in [0.5, 0.6) is 0 Å². The lowest BCUT2D eigenvalue weighted by Gasteiger charge is -2.14. The van der Waals surface area contributed by atoms with Gasteiger partial charge in [0, 0.05) is 6.61 Å². The van der Waals surface area contributed by atoms with Gasteiger partial charge in [-0.25, -0.2) is 4.98 Å². The highest BCUT2D eigenvalue weighted by atomic mass is 35.5. The van der Waals surface area contributed by atoms with Crippen molar-refractivity contribution in [1.82, 2.24) is 4.98 Å². The van der Waals surface area contributed by atoms with E-state index in [1.165, 1.54) is 38.5 Å². The molecule has 1 fully saturated rings. The van der Waals surface area contributed by atoms with Gasteiger partial charge in [0.2, 0.25) is 0 Å². The molecule has 0 spiro atoms. The van der Waals surface area contributed by atoms with Gasteiger partial charge >= 0.3 is 0 Å². The Morgan fingerprint density at radius 2 is 1.83 bits per heavy atom. The van der Waals surface area contributed by atoms with E-state index in [9.17, 15) is 0 Å². The molecule has 1 aliphatic carbocycles. The largest absolute Gasteiger partial charge is 0.375 e. The lowest BCUT2D eigenvalue weighted by Crippen LogP contribution is -2.09. The van der Waals surface area contributed by atoms with Crippen molar-refractivity contribution < 1.29 is 4.74 Å². The maximum atomic E-state index is 6.04. The summed E-state index contributed by atoms with van der Waals surface area (Å²) in [5.74, 6) is 0.699. The van der Waals surface area contributed by atoms with Gasteiger partial charge in [-0.1, -0.05) is 48.9 Å². The van der Waals surface area contributed by atoms with Crippen molar-refractivity contribution in [2.75, 3.05) is 6.61 Å². The predicted molar refractivity (Wildman–Crippen MR) is 75.1 cm³/mol. The number of hydrogen-bond donors (Lipinski definition) is 0. The number of aromatic nitrogens is 1. The van der Waals surface area contributed by atoms with E-state index in [0.717, 1.165) is 12.3 Å². The van der Waals surface area contributed by atoms with Gasteiger partial charge < -0.3 is 4.74 Å². The first-order valence-electron chi connectivity index (χ1n) is 6.64. The van der Waals surface area contributed by atoms with Crippen LogP contribution >= 0.6 is 23.2 Å². The van der Waals surface area contributed by atoms with E-state index in [2.05, 4.69) is 4.98 Å². The third-order valence-electron chi connectivity index (χ3n) is 3.45. The summed E-state index contributed by atoms with van der Waals surface area (Å²) in [5, 5.41) is 1.09. The zero-order chi connectivity index (χ0) is 12.8. The van der Waals surface area contributed by atoms with Gasteiger partial charge in [0.25, 0.3) is 0 Å². The van der Waals surface area contributed by atoms with Gasteiger partial charge in [0.15, 0.2) is 0 Å². The molecule has 0 atom stereocenters. The molecule has 1 aromatic heterocycles. The van der Waals surface area contributed by atoms with E-state index in [1.54, 1.807) is 12.1 Å². The molecular formula is C14H19Cl2NO. The minimum atomic E-state index is 0.454. The van der Waals surface area contributed by atoms with Crippen molar-refractivity contribution in [3.8, 4) is 0 Å². The maximum absolute atomic E-state index is 6.04. The third-order valence-corrected chi connectivity index (χ3v) is 4.01. The van der Waals surface area contributed by atoms with Crippen molar-refractivity contribution in [2.24, 2.45) is 5.92 Å². The van der Waals surface area contributed by atoms with Gasteiger partial charge in [0.1, 0.15) is 5.15 Å². The average Bonchev–Trinajstić information content (AvgIpc) is 2.62. The number of halogens is 2. The zero-order valence-corrected chi connectivity index (χ0v) is 12.0. The third kappa shape index (κ3) is 4.42. The molecule has 0 aromatic carbocycles. The molecule has 0 aliphatic heterocycles. The van der Waals surface area contributed by atoms with Crippen LogP contribution < -0.4 is 0 Å². The second-order valence-corrected chi connectivity index (χ2v) is 5.73. The standard InChI is InChI=1S/C14H19Cl2NO/c15-12-7-8-14(16)17-13(12)10-18-9-11-5-3-1-2-4-6-11/h7-8,11H,1-6,9-10H2. The summed E-state index contributed by atoms with van der Waals surface area (Å²) in [7, 11) is 0. The van der Waals surface area contributed by atoms with Crippen LogP contribution in [-0.4, -0.2) is 11.6 Å². The molecule has 4 heteroatoms. The lowest BCUT2D eigenvalue weighted by molar-refractivity contribution is 0.0799. The highest BCUT2D eigenvalue weighted by Gasteiger charge is 2.13. The second-order valence-electron chi connectivity index (χ2n) is 4.94. The van der Waals surface area contributed by atoms with E-state index >= 15 is 0 Å². The Kier molecular flexibility index (Phi) is 5.74. The molecular weight excluding hydrogens is 269 g/mol. The number of rotatable bonds is 4. The molecule has 0 unspecified atom stereocenters. The Bertz CT molecular complexity index is 376. The Labute approximate surface area is 119 Å². The smallest absolute Gasteiger partial charge is 0.129 e. The molecule has 0 N–H and O–H groups in total. The van der Waals surface area contributed by atoms with Crippen LogP contribution in [0.3, 0.4) is 0 Å². The molecule has 18 heavy (non-hydrogen) atoms. The van der Waals surface area contributed by atoms with Gasteiger partial charge in [-0.05, 0) is 30.9 Å². The topological polar surface area (TPSA) is 22.1 Å². The fourth-order valence-corrected chi connectivity index (χ4v) is 2.74. The predicted octanol–water partition coefficient (Wildman–Crippen LogP) is 4.88. The van der Waals surface area contributed by atoms with E-state index < -0.39 is 0 Å². The molecule has 0 radical (unpaired) electrons.